The number of benzene rings is 2. The summed E-state index contributed by atoms with van der Waals surface area (Å²) in [5.74, 6) is 1.42. The van der Waals surface area contributed by atoms with Gasteiger partial charge in [-0.15, -0.1) is 0 Å². The third-order valence-corrected chi connectivity index (χ3v) is 6.94. The van der Waals surface area contributed by atoms with E-state index in [9.17, 15) is 9.59 Å². The third-order valence-electron chi connectivity index (χ3n) is 6.94. The number of rotatable bonds is 7. The Morgan fingerprint density at radius 2 is 1.85 bits per heavy atom. The molecule has 1 N–H and O–H groups in total. The molecule has 1 aliphatic carbocycles. The molecule has 2 aliphatic heterocycles. The van der Waals surface area contributed by atoms with Crippen LogP contribution in [0.2, 0.25) is 0 Å². The number of fused-ring (bicyclic) bond motifs is 2. The molecule has 33 heavy (non-hydrogen) atoms. The largest absolute Gasteiger partial charge is 0.491 e. The lowest BCUT2D eigenvalue weighted by molar-refractivity contribution is -0.133. The number of carbonyl (C=O) groups excluding carboxylic acids is 2. The van der Waals surface area contributed by atoms with Gasteiger partial charge in [-0.25, -0.2) is 0 Å². The van der Waals surface area contributed by atoms with Crippen LogP contribution in [-0.4, -0.2) is 54.4 Å². The Bertz CT molecular complexity index is 1020. The second-order valence-corrected chi connectivity index (χ2v) is 9.47. The molecule has 1 fully saturated rings. The number of amides is 2. The minimum Gasteiger partial charge on any atom is -0.491 e. The van der Waals surface area contributed by atoms with E-state index in [4.69, 9.17) is 4.74 Å². The summed E-state index contributed by atoms with van der Waals surface area (Å²) in [7, 11) is 0. The zero-order valence-electron chi connectivity index (χ0n) is 19.2. The zero-order chi connectivity index (χ0) is 22.6. The third kappa shape index (κ3) is 5.56. The van der Waals surface area contributed by atoms with Gasteiger partial charge in [0.15, 0.2) is 0 Å². The first-order valence-corrected chi connectivity index (χ1v) is 12.2. The second kappa shape index (κ2) is 9.96. The standard InChI is InChI=1S/C27H33N3O3/c31-26(28-12-14-29-13-11-21-3-1-2-4-23(21)18-29)10-6-20-5-9-25-24(17-20)19-30(15-16-33-25)27(32)22-7-8-22/h1-5,9,17,22H,6-8,10-16,18-19H2,(H,28,31). The molecule has 0 aromatic heterocycles. The van der Waals surface area contributed by atoms with E-state index < -0.39 is 0 Å². The molecule has 2 heterocycles. The molecular weight excluding hydrogens is 414 g/mol. The fourth-order valence-corrected chi connectivity index (χ4v) is 4.82. The summed E-state index contributed by atoms with van der Waals surface area (Å²) in [4.78, 5) is 29.3. The molecule has 3 aliphatic rings. The molecule has 2 aromatic carbocycles. The van der Waals surface area contributed by atoms with Crippen LogP contribution in [0.5, 0.6) is 5.75 Å². The van der Waals surface area contributed by atoms with E-state index in [-0.39, 0.29) is 17.7 Å². The number of ether oxygens (including phenoxy) is 1. The zero-order valence-corrected chi connectivity index (χ0v) is 19.2. The molecular formula is C27H33N3O3. The maximum Gasteiger partial charge on any atom is 0.226 e. The highest BCUT2D eigenvalue weighted by atomic mass is 16.5. The van der Waals surface area contributed by atoms with Gasteiger partial charge < -0.3 is 15.0 Å². The Kier molecular flexibility index (Phi) is 6.63. The second-order valence-electron chi connectivity index (χ2n) is 9.47. The summed E-state index contributed by atoms with van der Waals surface area (Å²) >= 11 is 0. The molecule has 2 amide bonds. The highest BCUT2D eigenvalue weighted by molar-refractivity contribution is 5.81. The molecule has 5 rings (SSSR count). The summed E-state index contributed by atoms with van der Waals surface area (Å²) in [6.45, 7) is 5.34. The number of hydrogen-bond donors (Lipinski definition) is 1. The Balaban J connectivity index is 1.08. The van der Waals surface area contributed by atoms with E-state index >= 15 is 0 Å². The van der Waals surface area contributed by atoms with Crippen molar-refractivity contribution in [2.24, 2.45) is 5.92 Å². The molecule has 2 aromatic rings. The van der Waals surface area contributed by atoms with Crippen molar-refractivity contribution in [3.8, 4) is 5.75 Å². The van der Waals surface area contributed by atoms with Crippen LogP contribution in [-0.2, 0) is 35.5 Å². The molecule has 0 atom stereocenters. The van der Waals surface area contributed by atoms with Crippen molar-refractivity contribution in [2.75, 3.05) is 32.8 Å². The van der Waals surface area contributed by atoms with Gasteiger partial charge in [0.2, 0.25) is 11.8 Å². The number of nitrogens with one attached hydrogen (secondary N) is 1. The fraction of sp³-hybridized carbons (Fsp3) is 0.481. The monoisotopic (exact) mass is 447 g/mol. The average molecular weight is 448 g/mol. The van der Waals surface area contributed by atoms with Crippen LogP contribution in [0.4, 0.5) is 0 Å². The lowest BCUT2D eigenvalue weighted by atomic mass is 10.00. The van der Waals surface area contributed by atoms with Crippen LogP contribution < -0.4 is 10.1 Å². The summed E-state index contributed by atoms with van der Waals surface area (Å²) in [6, 6.07) is 14.7. The minimum absolute atomic E-state index is 0.0872. The van der Waals surface area contributed by atoms with E-state index in [0.29, 0.717) is 39.1 Å². The SMILES string of the molecule is O=C(CCc1ccc2c(c1)CN(C(=O)C1CC1)CCO2)NCCN1CCc2ccccc2C1. The van der Waals surface area contributed by atoms with Gasteiger partial charge in [0.05, 0.1) is 6.54 Å². The van der Waals surface area contributed by atoms with Crippen LogP contribution in [0.15, 0.2) is 42.5 Å². The van der Waals surface area contributed by atoms with Crippen LogP contribution in [0.1, 0.15) is 41.5 Å². The normalized spacial score (nSPS) is 18.0. The van der Waals surface area contributed by atoms with E-state index in [1.54, 1.807) is 0 Å². The maximum atomic E-state index is 12.5. The van der Waals surface area contributed by atoms with Crippen molar-refractivity contribution in [1.82, 2.24) is 15.1 Å². The smallest absolute Gasteiger partial charge is 0.226 e. The molecule has 0 bridgehead atoms. The molecule has 6 nitrogen and oxygen atoms in total. The lowest BCUT2D eigenvalue weighted by Crippen LogP contribution is -2.37. The molecule has 1 saturated carbocycles. The first-order valence-electron chi connectivity index (χ1n) is 12.2. The Labute approximate surface area is 195 Å². The first kappa shape index (κ1) is 22.0. The maximum absolute atomic E-state index is 12.5. The van der Waals surface area contributed by atoms with E-state index in [1.165, 1.54) is 11.1 Å². The van der Waals surface area contributed by atoms with Gasteiger partial charge >= 0.3 is 0 Å². The fourth-order valence-electron chi connectivity index (χ4n) is 4.82. The van der Waals surface area contributed by atoms with Crippen LogP contribution in [0, 0.1) is 5.92 Å². The van der Waals surface area contributed by atoms with Crippen molar-refractivity contribution in [3.05, 3.63) is 64.7 Å². The average Bonchev–Trinajstić information content (AvgIpc) is 3.69. The Morgan fingerprint density at radius 3 is 2.70 bits per heavy atom. The van der Waals surface area contributed by atoms with Crippen molar-refractivity contribution in [2.45, 2.75) is 45.2 Å². The first-order chi connectivity index (χ1) is 16.2. The lowest BCUT2D eigenvalue weighted by Gasteiger charge is -2.28. The minimum atomic E-state index is 0.0872. The van der Waals surface area contributed by atoms with Gasteiger partial charge in [-0.1, -0.05) is 36.4 Å². The number of aryl methyl sites for hydroxylation is 1. The highest BCUT2D eigenvalue weighted by Gasteiger charge is 2.34. The van der Waals surface area contributed by atoms with E-state index in [2.05, 4.69) is 40.5 Å². The number of carbonyl (C=O) groups is 2. The van der Waals surface area contributed by atoms with Crippen molar-refractivity contribution in [3.63, 3.8) is 0 Å². The Hall–Kier alpha value is -2.86. The van der Waals surface area contributed by atoms with Gasteiger partial charge in [0, 0.05) is 50.6 Å². The molecule has 174 valence electrons. The quantitative estimate of drug-likeness (QED) is 0.709. The van der Waals surface area contributed by atoms with E-state index in [1.807, 2.05) is 17.0 Å². The summed E-state index contributed by atoms with van der Waals surface area (Å²) in [5.41, 5.74) is 5.01. The highest BCUT2D eigenvalue weighted by Crippen LogP contribution is 2.33. The van der Waals surface area contributed by atoms with Gasteiger partial charge in [-0.3, -0.25) is 14.5 Å². The van der Waals surface area contributed by atoms with Crippen LogP contribution in [0.3, 0.4) is 0 Å². The Morgan fingerprint density at radius 1 is 1.00 bits per heavy atom. The molecule has 0 unspecified atom stereocenters. The van der Waals surface area contributed by atoms with Gasteiger partial charge in [-0.05, 0) is 48.4 Å². The van der Waals surface area contributed by atoms with Crippen LogP contribution in [0.25, 0.3) is 0 Å². The van der Waals surface area contributed by atoms with Crippen molar-refractivity contribution < 1.29 is 14.3 Å². The predicted octanol–water partition coefficient (Wildman–Crippen LogP) is 2.92. The van der Waals surface area contributed by atoms with Gasteiger partial charge in [-0.2, -0.15) is 0 Å². The molecule has 0 spiro atoms. The van der Waals surface area contributed by atoms with Crippen LogP contribution >= 0.6 is 0 Å². The summed E-state index contributed by atoms with van der Waals surface area (Å²) < 4.78 is 5.86. The van der Waals surface area contributed by atoms with Gasteiger partial charge in [0.25, 0.3) is 0 Å². The summed E-state index contributed by atoms with van der Waals surface area (Å²) in [5, 5.41) is 3.08. The number of nitrogens with zero attached hydrogens (tertiary/aromatic N) is 2. The molecule has 6 heteroatoms. The van der Waals surface area contributed by atoms with Gasteiger partial charge in [0.1, 0.15) is 12.4 Å². The van der Waals surface area contributed by atoms with E-state index in [0.717, 1.165) is 55.8 Å². The topological polar surface area (TPSA) is 61.9 Å². The molecule has 0 radical (unpaired) electrons. The predicted molar refractivity (Wildman–Crippen MR) is 127 cm³/mol. The summed E-state index contributed by atoms with van der Waals surface area (Å²) in [6.07, 6.45) is 4.27. The molecule has 0 saturated heterocycles. The van der Waals surface area contributed by atoms with Crippen molar-refractivity contribution in [1.29, 1.82) is 0 Å². The van der Waals surface area contributed by atoms with Crippen molar-refractivity contribution >= 4 is 11.8 Å². The number of hydrogen-bond acceptors (Lipinski definition) is 4.